The zero-order chi connectivity index (χ0) is 13.1. The Morgan fingerprint density at radius 3 is 2.78 bits per heavy atom. The lowest BCUT2D eigenvalue weighted by Crippen LogP contribution is -2.11. The van der Waals surface area contributed by atoms with Gasteiger partial charge in [-0.25, -0.2) is 0 Å². The molecule has 18 heavy (non-hydrogen) atoms. The standard InChI is InChI=1S/C12H9BrClNO3/c1-17-9-3-2-7(13)6-8(9)15-12(16)10-4-5-11(14)18-10/h2-6H,1H3,(H,15,16). The van der Waals surface area contributed by atoms with Crippen LogP contribution in [0.25, 0.3) is 0 Å². The van der Waals surface area contributed by atoms with Crippen molar-refractivity contribution in [1.82, 2.24) is 0 Å². The van der Waals surface area contributed by atoms with E-state index in [4.69, 9.17) is 20.8 Å². The van der Waals surface area contributed by atoms with Gasteiger partial charge in [-0.15, -0.1) is 0 Å². The van der Waals surface area contributed by atoms with E-state index in [1.165, 1.54) is 19.2 Å². The molecule has 2 aromatic rings. The zero-order valence-electron chi connectivity index (χ0n) is 9.37. The molecule has 0 atom stereocenters. The monoisotopic (exact) mass is 329 g/mol. The Hall–Kier alpha value is -1.46. The highest BCUT2D eigenvalue weighted by Gasteiger charge is 2.13. The molecule has 0 saturated carbocycles. The average Bonchev–Trinajstić information content (AvgIpc) is 2.76. The molecule has 0 saturated heterocycles. The number of halogens is 2. The maximum Gasteiger partial charge on any atom is 0.291 e. The summed E-state index contributed by atoms with van der Waals surface area (Å²) in [4.78, 5) is 11.9. The molecule has 1 heterocycles. The van der Waals surface area contributed by atoms with E-state index in [0.717, 1.165) is 4.47 Å². The fourth-order valence-electron chi connectivity index (χ4n) is 1.40. The predicted molar refractivity (Wildman–Crippen MR) is 72.4 cm³/mol. The highest BCUT2D eigenvalue weighted by molar-refractivity contribution is 9.10. The van der Waals surface area contributed by atoms with Crippen LogP contribution in [0.2, 0.25) is 5.22 Å². The zero-order valence-corrected chi connectivity index (χ0v) is 11.7. The number of methoxy groups -OCH3 is 1. The van der Waals surface area contributed by atoms with Gasteiger partial charge in [0.05, 0.1) is 12.8 Å². The Balaban J connectivity index is 2.23. The summed E-state index contributed by atoms with van der Waals surface area (Å²) in [6.07, 6.45) is 0. The van der Waals surface area contributed by atoms with Gasteiger partial charge in [0.25, 0.3) is 5.91 Å². The molecule has 1 aromatic carbocycles. The summed E-state index contributed by atoms with van der Waals surface area (Å²) in [5.74, 6) is 0.310. The normalized spacial score (nSPS) is 10.2. The third kappa shape index (κ3) is 2.86. The van der Waals surface area contributed by atoms with Gasteiger partial charge in [-0.3, -0.25) is 4.79 Å². The molecular weight excluding hydrogens is 321 g/mol. The minimum atomic E-state index is -0.390. The second kappa shape index (κ2) is 5.46. The third-order valence-corrected chi connectivity index (χ3v) is 2.90. The van der Waals surface area contributed by atoms with Gasteiger partial charge in [0.15, 0.2) is 11.0 Å². The number of carbonyl (C=O) groups is 1. The van der Waals surface area contributed by atoms with Crippen LogP contribution in [0.5, 0.6) is 5.75 Å². The van der Waals surface area contributed by atoms with E-state index in [0.29, 0.717) is 11.4 Å². The number of anilines is 1. The first-order chi connectivity index (χ1) is 8.60. The summed E-state index contributed by atoms with van der Waals surface area (Å²) in [6.45, 7) is 0. The van der Waals surface area contributed by atoms with Crippen LogP contribution in [0.1, 0.15) is 10.6 Å². The molecule has 0 bridgehead atoms. The lowest BCUT2D eigenvalue weighted by Gasteiger charge is -2.09. The molecule has 4 nitrogen and oxygen atoms in total. The molecule has 0 fully saturated rings. The van der Waals surface area contributed by atoms with Crippen molar-refractivity contribution in [3.8, 4) is 5.75 Å². The minimum Gasteiger partial charge on any atom is -0.495 e. The number of hydrogen-bond donors (Lipinski definition) is 1. The molecule has 0 aliphatic rings. The topological polar surface area (TPSA) is 51.5 Å². The van der Waals surface area contributed by atoms with Crippen LogP contribution >= 0.6 is 27.5 Å². The van der Waals surface area contributed by atoms with Crippen molar-refractivity contribution in [2.24, 2.45) is 0 Å². The smallest absolute Gasteiger partial charge is 0.291 e. The van der Waals surface area contributed by atoms with E-state index in [-0.39, 0.29) is 11.0 Å². The summed E-state index contributed by atoms with van der Waals surface area (Å²) < 4.78 is 11.0. The SMILES string of the molecule is COc1ccc(Br)cc1NC(=O)c1ccc(Cl)o1. The van der Waals surface area contributed by atoms with Gasteiger partial charge in [-0.2, -0.15) is 0 Å². The van der Waals surface area contributed by atoms with Crippen molar-refractivity contribution in [2.45, 2.75) is 0 Å². The van der Waals surface area contributed by atoms with Crippen LogP contribution in [0, 0.1) is 0 Å². The molecule has 0 aliphatic carbocycles. The number of ether oxygens (including phenoxy) is 1. The highest BCUT2D eigenvalue weighted by atomic mass is 79.9. The molecule has 0 radical (unpaired) electrons. The van der Waals surface area contributed by atoms with Gasteiger partial charge >= 0.3 is 0 Å². The molecule has 0 aliphatic heterocycles. The number of furan rings is 1. The van der Waals surface area contributed by atoms with Gasteiger partial charge in [0.2, 0.25) is 0 Å². The number of rotatable bonds is 3. The van der Waals surface area contributed by atoms with Crippen LogP contribution in [0.3, 0.4) is 0 Å². The first-order valence-corrected chi connectivity index (χ1v) is 6.17. The molecule has 6 heteroatoms. The van der Waals surface area contributed by atoms with E-state index in [1.807, 2.05) is 6.07 Å². The summed E-state index contributed by atoms with van der Waals surface area (Å²) in [7, 11) is 1.53. The highest BCUT2D eigenvalue weighted by Crippen LogP contribution is 2.28. The van der Waals surface area contributed by atoms with Crippen molar-refractivity contribution >= 4 is 39.1 Å². The Morgan fingerprint density at radius 1 is 1.39 bits per heavy atom. The molecule has 94 valence electrons. The molecule has 2 rings (SSSR count). The largest absolute Gasteiger partial charge is 0.495 e. The fraction of sp³-hybridized carbons (Fsp3) is 0.0833. The van der Waals surface area contributed by atoms with Crippen LogP contribution in [-0.2, 0) is 0 Å². The fourth-order valence-corrected chi connectivity index (χ4v) is 1.91. The molecule has 0 unspecified atom stereocenters. The van der Waals surface area contributed by atoms with Crippen molar-refractivity contribution < 1.29 is 13.9 Å². The summed E-state index contributed by atoms with van der Waals surface area (Å²) in [5, 5.41) is 2.85. The Bertz CT molecular complexity index is 582. The van der Waals surface area contributed by atoms with E-state index in [1.54, 1.807) is 12.1 Å². The van der Waals surface area contributed by atoms with Crippen LogP contribution in [-0.4, -0.2) is 13.0 Å². The second-order valence-electron chi connectivity index (χ2n) is 3.40. The van der Waals surface area contributed by atoms with Crippen LogP contribution < -0.4 is 10.1 Å². The summed E-state index contributed by atoms with van der Waals surface area (Å²) in [5.41, 5.74) is 0.546. The quantitative estimate of drug-likeness (QED) is 0.927. The lowest BCUT2D eigenvalue weighted by molar-refractivity contribution is 0.0996. The number of carbonyl (C=O) groups excluding carboxylic acids is 1. The third-order valence-electron chi connectivity index (χ3n) is 2.21. The van der Waals surface area contributed by atoms with E-state index >= 15 is 0 Å². The molecule has 1 amide bonds. The van der Waals surface area contributed by atoms with Gasteiger partial charge in [0.1, 0.15) is 5.75 Å². The Morgan fingerprint density at radius 2 is 2.17 bits per heavy atom. The van der Waals surface area contributed by atoms with Gasteiger partial charge in [-0.1, -0.05) is 15.9 Å². The second-order valence-corrected chi connectivity index (χ2v) is 4.69. The Kier molecular flexibility index (Phi) is 3.93. The number of hydrogen-bond acceptors (Lipinski definition) is 3. The van der Waals surface area contributed by atoms with Gasteiger partial charge < -0.3 is 14.5 Å². The van der Waals surface area contributed by atoms with Crippen LogP contribution in [0.15, 0.2) is 39.2 Å². The molecule has 1 aromatic heterocycles. The van der Waals surface area contributed by atoms with Crippen LogP contribution in [0.4, 0.5) is 5.69 Å². The summed E-state index contributed by atoms with van der Waals surface area (Å²) >= 11 is 8.94. The number of benzene rings is 1. The van der Waals surface area contributed by atoms with Gasteiger partial charge in [-0.05, 0) is 41.9 Å². The van der Waals surface area contributed by atoms with Crippen molar-refractivity contribution in [3.05, 3.63) is 45.8 Å². The Labute approximate surface area is 117 Å². The average molecular weight is 331 g/mol. The molecule has 0 spiro atoms. The minimum absolute atomic E-state index is 0.141. The van der Waals surface area contributed by atoms with Crippen molar-refractivity contribution in [1.29, 1.82) is 0 Å². The first-order valence-electron chi connectivity index (χ1n) is 5.00. The van der Waals surface area contributed by atoms with Crippen molar-refractivity contribution in [3.63, 3.8) is 0 Å². The molecular formula is C12H9BrClNO3. The van der Waals surface area contributed by atoms with E-state index in [9.17, 15) is 4.79 Å². The van der Waals surface area contributed by atoms with Gasteiger partial charge in [0, 0.05) is 4.47 Å². The number of nitrogens with one attached hydrogen (secondary N) is 1. The molecule has 1 N–H and O–H groups in total. The maximum atomic E-state index is 11.9. The van der Waals surface area contributed by atoms with E-state index in [2.05, 4.69) is 21.2 Å². The lowest BCUT2D eigenvalue weighted by atomic mass is 10.3. The predicted octanol–water partition coefficient (Wildman–Crippen LogP) is 3.96. The maximum absolute atomic E-state index is 11.9. The number of amides is 1. The summed E-state index contributed by atoms with van der Waals surface area (Å²) in [6, 6.07) is 8.31. The first kappa shape index (κ1) is 13.0. The van der Waals surface area contributed by atoms with Crippen molar-refractivity contribution in [2.75, 3.05) is 12.4 Å². The van der Waals surface area contributed by atoms with E-state index < -0.39 is 5.91 Å².